The normalized spacial score (nSPS) is 11.1. The number of nitrogens with zero attached hydrogens (tertiary/aromatic N) is 4. The molecule has 0 saturated carbocycles. The van der Waals surface area contributed by atoms with Crippen LogP contribution in [0.1, 0.15) is 27.9 Å². The first-order valence-corrected chi connectivity index (χ1v) is 12.1. The third kappa shape index (κ3) is 5.30. The third-order valence-electron chi connectivity index (χ3n) is 5.24. The molecule has 4 rings (SSSR count). The Morgan fingerprint density at radius 1 is 1.06 bits per heavy atom. The van der Waals surface area contributed by atoms with Gasteiger partial charge in [0.1, 0.15) is 41.6 Å². The lowest BCUT2D eigenvalue weighted by atomic mass is 10.1. The zero-order chi connectivity index (χ0) is 24.9. The zero-order valence-corrected chi connectivity index (χ0v) is 21.8. The summed E-state index contributed by atoms with van der Waals surface area (Å²) in [6.07, 6.45) is 1.66. The fourth-order valence-corrected chi connectivity index (χ4v) is 4.91. The monoisotopic (exact) mass is 587 g/mol. The highest BCUT2D eigenvalue weighted by Crippen LogP contribution is 2.37. The Morgan fingerprint density at radius 2 is 1.71 bits per heavy atom. The minimum Gasteiger partial charge on any atom is -0.487 e. The molecule has 0 unspecified atom stereocenters. The van der Waals surface area contributed by atoms with Crippen LogP contribution in [0.2, 0.25) is 0 Å². The number of nitriles is 2. The van der Waals surface area contributed by atoms with Gasteiger partial charge < -0.3 is 10.5 Å². The number of para-hydroxylation sites is 1. The van der Waals surface area contributed by atoms with Crippen molar-refractivity contribution in [3.63, 3.8) is 0 Å². The van der Waals surface area contributed by atoms with Gasteiger partial charge in [0.05, 0.1) is 20.2 Å². The summed E-state index contributed by atoms with van der Waals surface area (Å²) in [5.41, 5.74) is 10.5. The second kappa shape index (κ2) is 10.6. The van der Waals surface area contributed by atoms with Crippen molar-refractivity contribution in [3.8, 4) is 23.6 Å². The number of allylic oxidation sites excluding steroid dienone is 1. The van der Waals surface area contributed by atoms with Crippen LogP contribution in [0.15, 0.2) is 75.7 Å². The number of aromatic nitrogens is 2. The third-order valence-corrected chi connectivity index (χ3v) is 6.42. The van der Waals surface area contributed by atoms with Crippen molar-refractivity contribution in [2.75, 3.05) is 5.73 Å². The highest BCUT2D eigenvalue weighted by molar-refractivity contribution is 9.11. The lowest BCUT2D eigenvalue weighted by Crippen LogP contribution is -2.02. The number of hydrogen-bond acceptors (Lipinski definition) is 5. The van der Waals surface area contributed by atoms with Gasteiger partial charge in [-0.05, 0) is 80.3 Å². The molecule has 0 fully saturated rings. The van der Waals surface area contributed by atoms with E-state index in [9.17, 15) is 10.5 Å². The molecule has 0 atom stereocenters. The summed E-state index contributed by atoms with van der Waals surface area (Å²) >= 11 is 7.13. The lowest BCUT2D eigenvalue weighted by Gasteiger charge is -2.12. The van der Waals surface area contributed by atoms with Gasteiger partial charge in [0.25, 0.3) is 0 Å². The Morgan fingerprint density at radius 3 is 2.31 bits per heavy atom. The molecule has 172 valence electrons. The van der Waals surface area contributed by atoms with Crippen molar-refractivity contribution in [2.24, 2.45) is 0 Å². The van der Waals surface area contributed by atoms with Gasteiger partial charge >= 0.3 is 0 Å². The molecule has 1 heterocycles. The van der Waals surface area contributed by atoms with Gasteiger partial charge in [-0.25, -0.2) is 4.68 Å². The van der Waals surface area contributed by atoms with Crippen molar-refractivity contribution in [1.29, 1.82) is 10.5 Å². The molecule has 0 aliphatic carbocycles. The number of halogens is 2. The maximum atomic E-state index is 9.89. The highest BCUT2D eigenvalue weighted by atomic mass is 79.9. The molecule has 0 saturated heterocycles. The summed E-state index contributed by atoms with van der Waals surface area (Å²) in [6, 6.07) is 25.3. The van der Waals surface area contributed by atoms with Crippen LogP contribution >= 0.6 is 31.9 Å². The average Bonchev–Trinajstić information content (AvgIpc) is 3.19. The molecular weight excluding hydrogens is 570 g/mol. The summed E-state index contributed by atoms with van der Waals surface area (Å²) in [7, 11) is 0. The van der Waals surface area contributed by atoms with Crippen molar-refractivity contribution in [2.45, 2.75) is 13.5 Å². The van der Waals surface area contributed by atoms with E-state index in [-0.39, 0.29) is 22.6 Å². The summed E-state index contributed by atoms with van der Waals surface area (Å²) in [5, 5.41) is 24.1. The molecule has 8 heteroatoms. The van der Waals surface area contributed by atoms with Crippen molar-refractivity contribution in [3.05, 3.63) is 104 Å². The maximum absolute atomic E-state index is 9.89. The van der Waals surface area contributed by atoms with E-state index in [1.54, 1.807) is 6.08 Å². The van der Waals surface area contributed by atoms with E-state index in [4.69, 9.17) is 10.5 Å². The fraction of sp³-hybridized carbons (Fsp3) is 0.0741. The molecule has 0 aliphatic rings. The minimum atomic E-state index is 0.151. The van der Waals surface area contributed by atoms with Crippen LogP contribution in [-0.2, 0) is 6.61 Å². The molecular formula is C27H19Br2N5O. The zero-order valence-electron chi connectivity index (χ0n) is 18.7. The molecule has 0 amide bonds. The van der Waals surface area contributed by atoms with E-state index in [0.29, 0.717) is 18.0 Å². The lowest BCUT2D eigenvalue weighted by molar-refractivity contribution is 0.302. The Kier molecular flexibility index (Phi) is 7.36. The van der Waals surface area contributed by atoms with Crippen LogP contribution < -0.4 is 10.5 Å². The first-order chi connectivity index (χ1) is 16.9. The highest BCUT2D eigenvalue weighted by Gasteiger charge is 2.20. The Balaban J connectivity index is 1.66. The van der Waals surface area contributed by atoms with Crippen molar-refractivity contribution >= 4 is 49.3 Å². The van der Waals surface area contributed by atoms with Gasteiger partial charge in [-0.2, -0.15) is 15.6 Å². The fourth-order valence-electron chi connectivity index (χ4n) is 3.46. The Labute approximate surface area is 220 Å². The van der Waals surface area contributed by atoms with Crippen molar-refractivity contribution < 1.29 is 4.74 Å². The minimum absolute atomic E-state index is 0.151. The second-order valence-corrected chi connectivity index (χ2v) is 9.43. The van der Waals surface area contributed by atoms with Gasteiger partial charge in [-0.1, -0.05) is 48.0 Å². The largest absolute Gasteiger partial charge is 0.487 e. The van der Waals surface area contributed by atoms with E-state index < -0.39 is 0 Å². The predicted octanol–water partition coefficient (Wildman–Crippen LogP) is 6.80. The predicted molar refractivity (Wildman–Crippen MR) is 144 cm³/mol. The summed E-state index contributed by atoms with van der Waals surface area (Å²) < 4.78 is 8.92. The van der Waals surface area contributed by atoms with Crippen LogP contribution in [0.3, 0.4) is 0 Å². The molecule has 2 N–H and O–H groups in total. The Bertz CT molecular complexity index is 1470. The standard InChI is InChI=1S/C27H19Br2N5O/c1-17-7-9-18(10-8-17)16-35-26-23(28)12-19(13-24(26)29)11-20(14-30)25-22(15-31)27(32)34(33-25)21-5-3-2-4-6-21/h2-13H,16,32H2,1H3/b20-11+. The van der Waals surface area contributed by atoms with Crippen LogP contribution in [0, 0.1) is 29.6 Å². The van der Waals surface area contributed by atoms with E-state index in [2.05, 4.69) is 49.1 Å². The average molecular weight is 589 g/mol. The smallest absolute Gasteiger partial charge is 0.148 e. The first kappa shape index (κ1) is 24.3. The van der Waals surface area contributed by atoms with Crippen LogP contribution in [0.25, 0.3) is 17.3 Å². The number of rotatable bonds is 6. The molecule has 0 aliphatic heterocycles. The Hall–Kier alpha value is -3.85. The topological polar surface area (TPSA) is 101 Å². The number of nitrogen functional groups attached to an aromatic ring is 1. The number of benzene rings is 3. The van der Waals surface area contributed by atoms with E-state index in [1.807, 2.05) is 73.7 Å². The van der Waals surface area contributed by atoms with Crippen LogP contribution in [-0.4, -0.2) is 9.78 Å². The van der Waals surface area contributed by atoms with Gasteiger partial charge in [-0.15, -0.1) is 0 Å². The quantitative estimate of drug-likeness (QED) is 0.250. The van der Waals surface area contributed by atoms with E-state index in [1.165, 1.54) is 10.2 Å². The molecule has 0 bridgehead atoms. The molecule has 3 aromatic carbocycles. The molecule has 4 aromatic rings. The SMILES string of the molecule is Cc1ccc(COc2c(Br)cc(/C=C(\C#N)c3nn(-c4ccccc4)c(N)c3C#N)cc2Br)cc1. The molecule has 35 heavy (non-hydrogen) atoms. The maximum Gasteiger partial charge on any atom is 0.148 e. The van der Waals surface area contributed by atoms with Crippen LogP contribution in [0.4, 0.5) is 5.82 Å². The number of ether oxygens (including phenoxy) is 1. The van der Waals surface area contributed by atoms with Crippen LogP contribution in [0.5, 0.6) is 5.75 Å². The number of nitrogens with two attached hydrogens (primary N) is 1. The summed E-state index contributed by atoms with van der Waals surface area (Å²) in [6.45, 7) is 2.46. The molecule has 0 spiro atoms. The number of anilines is 1. The number of aryl methyl sites for hydroxylation is 1. The summed E-state index contributed by atoms with van der Waals surface area (Å²) in [5.74, 6) is 0.827. The first-order valence-electron chi connectivity index (χ1n) is 10.5. The van der Waals surface area contributed by atoms with Crippen molar-refractivity contribution in [1.82, 2.24) is 9.78 Å². The van der Waals surface area contributed by atoms with E-state index in [0.717, 1.165) is 20.1 Å². The summed E-state index contributed by atoms with van der Waals surface area (Å²) in [4.78, 5) is 0. The van der Waals surface area contributed by atoms with Gasteiger partial charge in [-0.3, -0.25) is 0 Å². The molecule has 0 radical (unpaired) electrons. The van der Waals surface area contributed by atoms with Gasteiger partial charge in [0.2, 0.25) is 0 Å². The van der Waals surface area contributed by atoms with E-state index >= 15 is 0 Å². The van der Waals surface area contributed by atoms with Gasteiger partial charge in [0.15, 0.2) is 0 Å². The second-order valence-electron chi connectivity index (χ2n) is 7.73. The molecule has 6 nitrogen and oxygen atoms in total. The molecule has 1 aromatic heterocycles. The number of hydrogen-bond donors (Lipinski definition) is 1. The van der Waals surface area contributed by atoms with Gasteiger partial charge in [0, 0.05) is 0 Å².